The number of hydrogen-bond donors (Lipinski definition) is 3. The van der Waals surface area contributed by atoms with E-state index in [4.69, 9.17) is 23.2 Å². The van der Waals surface area contributed by atoms with Gasteiger partial charge in [0, 0.05) is 17.2 Å². The van der Waals surface area contributed by atoms with Crippen LogP contribution >= 0.6 is 23.2 Å². The average molecular weight is 589 g/mol. The zero-order chi connectivity index (χ0) is 28.3. The van der Waals surface area contributed by atoms with E-state index in [0.29, 0.717) is 22.0 Å². The van der Waals surface area contributed by atoms with E-state index >= 15 is 0 Å². The molecule has 1 aromatic heterocycles. The molecule has 0 aliphatic carbocycles. The predicted molar refractivity (Wildman–Crippen MR) is 147 cm³/mol. The van der Waals surface area contributed by atoms with Crippen LogP contribution in [-0.4, -0.2) is 40.4 Å². The SMILES string of the molecule is Cc1nn(-c2cccc(Cl)c2)c(Cl)c1/C=N\Nc1ccc([N+](=O)[O-])cc1S(=O)(=O)Nc1ccccc1C(=O)O. The number of nitrogens with zero attached hydrogens (tertiary/aromatic N) is 4. The summed E-state index contributed by atoms with van der Waals surface area (Å²) in [6, 6.07) is 15.3. The molecule has 3 aromatic carbocycles. The zero-order valence-corrected chi connectivity index (χ0v) is 22.2. The van der Waals surface area contributed by atoms with Crippen molar-refractivity contribution in [3.05, 3.63) is 104 Å². The van der Waals surface area contributed by atoms with Crippen LogP contribution in [0.25, 0.3) is 5.69 Å². The van der Waals surface area contributed by atoms with Gasteiger partial charge in [0.05, 0.1) is 45.0 Å². The molecule has 0 atom stereocenters. The second-order valence-electron chi connectivity index (χ2n) is 7.95. The highest BCUT2D eigenvalue weighted by Gasteiger charge is 2.24. The number of aromatic carboxylic acids is 1. The number of carbonyl (C=O) groups is 1. The highest BCUT2D eigenvalue weighted by atomic mass is 35.5. The van der Waals surface area contributed by atoms with Gasteiger partial charge in [-0.3, -0.25) is 20.3 Å². The molecular formula is C24H18Cl2N6O6S. The number of anilines is 2. The number of rotatable bonds is 9. The Kier molecular flexibility index (Phi) is 7.85. The van der Waals surface area contributed by atoms with Crippen LogP contribution in [-0.2, 0) is 10.0 Å². The molecule has 0 radical (unpaired) electrons. The lowest BCUT2D eigenvalue weighted by Crippen LogP contribution is -2.17. The Balaban J connectivity index is 1.68. The molecule has 39 heavy (non-hydrogen) atoms. The fourth-order valence-corrected chi connectivity index (χ4v) is 5.26. The average Bonchev–Trinajstić information content (AvgIpc) is 3.17. The molecule has 200 valence electrons. The minimum Gasteiger partial charge on any atom is -0.478 e. The number of para-hydroxylation sites is 1. The van der Waals surface area contributed by atoms with Crippen LogP contribution < -0.4 is 10.1 Å². The van der Waals surface area contributed by atoms with Crippen molar-refractivity contribution in [2.24, 2.45) is 5.10 Å². The quantitative estimate of drug-likeness (QED) is 0.134. The first kappa shape index (κ1) is 27.6. The van der Waals surface area contributed by atoms with Crippen molar-refractivity contribution in [3.8, 4) is 5.69 Å². The van der Waals surface area contributed by atoms with E-state index in [1.165, 1.54) is 35.2 Å². The number of non-ortho nitro benzene ring substituents is 1. The van der Waals surface area contributed by atoms with Crippen molar-refractivity contribution in [3.63, 3.8) is 0 Å². The van der Waals surface area contributed by atoms with E-state index in [1.807, 2.05) is 0 Å². The Morgan fingerprint density at radius 2 is 1.85 bits per heavy atom. The fraction of sp³-hybridized carbons (Fsp3) is 0.0417. The summed E-state index contributed by atoms with van der Waals surface area (Å²) in [6.45, 7) is 1.69. The minimum absolute atomic E-state index is 0.117. The first-order chi connectivity index (χ1) is 18.5. The van der Waals surface area contributed by atoms with Crippen LogP contribution in [0.15, 0.2) is 76.7 Å². The molecule has 0 aliphatic heterocycles. The summed E-state index contributed by atoms with van der Waals surface area (Å²) in [7, 11) is -4.51. The fourth-order valence-electron chi connectivity index (χ4n) is 3.50. The highest BCUT2D eigenvalue weighted by Crippen LogP contribution is 2.30. The summed E-state index contributed by atoms with van der Waals surface area (Å²) in [5.74, 6) is -1.36. The smallest absolute Gasteiger partial charge is 0.337 e. The number of hydrogen-bond acceptors (Lipinski definition) is 8. The highest BCUT2D eigenvalue weighted by molar-refractivity contribution is 7.93. The van der Waals surface area contributed by atoms with Crippen LogP contribution in [0.2, 0.25) is 10.2 Å². The molecular weight excluding hydrogens is 571 g/mol. The van der Waals surface area contributed by atoms with Crippen LogP contribution in [0.3, 0.4) is 0 Å². The number of aromatic nitrogens is 2. The van der Waals surface area contributed by atoms with Gasteiger partial charge in [-0.25, -0.2) is 17.9 Å². The largest absolute Gasteiger partial charge is 0.478 e. The topological polar surface area (TPSA) is 169 Å². The number of hydrazone groups is 1. The van der Waals surface area contributed by atoms with E-state index in [9.17, 15) is 28.4 Å². The van der Waals surface area contributed by atoms with Gasteiger partial charge >= 0.3 is 5.97 Å². The lowest BCUT2D eigenvalue weighted by Gasteiger charge is -2.13. The Labute approximate surface area is 231 Å². The molecule has 0 fully saturated rings. The number of benzene rings is 3. The van der Waals surface area contributed by atoms with Crippen molar-refractivity contribution in [2.45, 2.75) is 11.8 Å². The first-order valence-corrected chi connectivity index (χ1v) is 13.2. The maximum atomic E-state index is 13.2. The molecule has 0 amide bonds. The zero-order valence-electron chi connectivity index (χ0n) is 19.9. The molecule has 0 unspecified atom stereocenters. The van der Waals surface area contributed by atoms with Crippen LogP contribution in [0.1, 0.15) is 21.6 Å². The third-order valence-corrected chi connectivity index (χ3v) is 7.35. The maximum Gasteiger partial charge on any atom is 0.337 e. The molecule has 0 saturated heterocycles. The number of aryl methyl sites for hydroxylation is 1. The van der Waals surface area contributed by atoms with E-state index in [-0.39, 0.29) is 22.1 Å². The second kappa shape index (κ2) is 11.1. The van der Waals surface area contributed by atoms with Gasteiger partial charge in [-0.15, -0.1) is 0 Å². The van der Waals surface area contributed by atoms with Crippen LogP contribution in [0.4, 0.5) is 17.1 Å². The van der Waals surface area contributed by atoms with Gasteiger partial charge < -0.3 is 5.11 Å². The molecule has 0 saturated carbocycles. The number of carboxylic acid groups (broad SMARTS) is 1. The van der Waals surface area contributed by atoms with Crippen molar-refractivity contribution >= 4 is 62.5 Å². The number of halogens is 2. The Morgan fingerprint density at radius 3 is 2.54 bits per heavy atom. The van der Waals surface area contributed by atoms with E-state index in [0.717, 1.165) is 18.2 Å². The number of nitro benzene ring substituents is 1. The minimum atomic E-state index is -4.51. The summed E-state index contributed by atoms with van der Waals surface area (Å²) < 4.78 is 30.1. The van der Waals surface area contributed by atoms with Gasteiger partial charge in [-0.2, -0.15) is 10.2 Å². The summed E-state index contributed by atoms with van der Waals surface area (Å²) in [5.41, 5.74) is 2.96. The molecule has 3 N–H and O–H groups in total. The number of nitro groups is 1. The van der Waals surface area contributed by atoms with Crippen molar-refractivity contribution in [1.82, 2.24) is 9.78 Å². The molecule has 0 aliphatic rings. The summed E-state index contributed by atoms with van der Waals surface area (Å²) in [4.78, 5) is 21.6. The summed E-state index contributed by atoms with van der Waals surface area (Å²) in [6.07, 6.45) is 1.32. The monoisotopic (exact) mass is 588 g/mol. The third-order valence-electron chi connectivity index (χ3n) is 5.35. The number of sulfonamides is 1. The molecule has 4 rings (SSSR count). The van der Waals surface area contributed by atoms with Crippen LogP contribution in [0.5, 0.6) is 0 Å². The van der Waals surface area contributed by atoms with Gasteiger partial charge in [0.1, 0.15) is 10.0 Å². The van der Waals surface area contributed by atoms with E-state index in [1.54, 1.807) is 31.2 Å². The van der Waals surface area contributed by atoms with Crippen LogP contribution in [0, 0.1) is 17.0 Å². The Bertz CT molecular complexity index is 1740. The van der Waals surface area contributed by atoms with Crippen molar-refractivity contribution in [1.29, 1.82) is 0 Å². The standard InChI is InChI=1S/C24H18Cl2N6O6S/c1-14-19(23(26)31(29-14)16-6-4-5-15(25)11-16)13-27-28-21-10-9-17(32(35)36)12-22(21)39(37,38)30-20-8-3-2-7-18(20)24(33)34/h2-13,28,30H,1H3,(H,33,34)/b27-13-. The molecule has 15 heteroatoms. The van der Waals surface area contributed by atoms with Gasteiger partial charge in [-0.1, -0.05) is 41.4 Å². The number of nitrogens with one attached hydrogen (secondary N) is 2. The molecule has 0 spiro atoms. The van der Waals surface area contributed by atoms with Gasteiger partial charge in [0.2, 0.25) is 0 Å². The third kappa shape index (κ3) is 6.00. The normalized spacial score (nSPS) is 11.5. The maximum absolute atomic E-state index is 13.2. The van der Waals surface area contributed by atoms with E-state index < -0.39 is 31.5 Å². The first-order valence-electron chi connectivity index (χ1n) is 10.9. The Hall–Kier alpha value is -4.46. The Morgan fingerprint density at radius 1 is 1.10 bits per heavy atom. The lowest BCUT2D eigenvalue weighted by molar-refractivity contribution is -0.385. The van der Waals surface area contributed by atoms with Gasteiger partial charge in [-0.05, 0) is 43.3 Å². The van der Waals surface area contributed by atoms with Gasteiger partial charge in [0.15, 0.2) is 0 Å². The van der Waals surface area contributed by atoms with Gasteiger partial charge in [0.25, 0.3) is 15.7 Å². The van der Waals surface area contributed by atoms with Crippen molar-refractivity contribution in [2.75, 3.05) is 10.1 Å². The van der Waals surface area contributed by atoms with Crippen molar-refractivity contribution < 1.29 is 23.2 Å². The molecule has 12 nitrogen and oxygen atoms in total. The second-order valence-corrected chi connectivity index (χ2v) is 10.4. The lowest BCUT2D eigenvalue weighted by atomic mass is 10.2. The number of carboxylic acids is 1. The molecule has 0 bridgehead atoms. The predicted octanol–water partition coefficient (Wildman–Crippen LogP) is 5.34. The molecule has 4 aromatic rings. The van der Waals surface area contributed by atoms with E-state index in [2.05, 4.69) is 20.3 Å². The summed E-state index contributed by atoms with van der Waals surface area (Å²) >= 11 is 12.6. The summed E-state index contributed by atoms with van der Waals surface area (Å²) in [5, 5.41) is 29.9. The molecule has 1 heterocycles.